The summed E-state index contributed by atoms with van der Waals surface area (Å²) in [6.07, 6.45) is 7.27. The molecule has 0 atom stereocenters. The van der Waals surface area contributed by atoms with Gasteiger partial charge in [0.05, 0.1) is 6.21 Å². The van der Waals surface area contributed by atoms with Crippen LogP contribution in [0.4, 0.5) is 0 Å². The van der Waals surface area contributed by atoms with E-state index in [1.165, 1.54) is 0 Å². The Balaban J connectivity index is 0.00000192. The summed E-state index contributed by atoms with van der Waals surface area (Å²) in [6.45, 7) is 2.25. The number of pyridine rings is 1. The molecule has 1 aromatic carbocycles. The minimum atomic E-state index is -0.162. The maximum atomic E-state index is 11.8. The van der Waals surface area contributed by atoms with Crippen molar-refractivity contribution in [3.8, 4) is 0 Å². The Morgan fingerprint density at radius 2 is 2.00 bits per heavy atom. The molecule has 0 saturated carbocycles. The van der Waals surface area contributed by atoms with Crippen LogP contribution in [0.3, 0.4) is 0 Å². The van der Waals surface area contributed by atoms with E-state index in [1.54, 1.807) is 6.21 Å². The van der Waals surface area contributed by atoms with Crippen LogP contribution in [0.5, 0.6) is 0 Å². The zero-order chi connectivity index (χ0) is 15.4. The summed E-state index contributed by atoms with van der Waals surface area (Å²) >= 11 is 0. The van der Waals surface area contributed by atoms with Gasteiger partial charge in [0.2, 0.25) is 6.54 Å². The average molecular weight is 329 g/mol. The molecule has 118 valence electrons. The van der Waals surface area contributed by atoms with Gasteiger partial charge in [-0.3, -0.25) is 4.79 Å². The number of aryl methyl sites for hydroxylation is 1. The SMILES string of the molecule is Cc1cc[n+](CC(=O)N/N=C/c2c[nH]c3ccccc23)cc1.[Cl-]. The van der Waals surface area contributed by atoms with E-state index < -0.39 is 0 Å². The number of hydrazone groups is 1. The average Bonchev–Trinajstić information content (AvgIpc) is 2.93. The lowest BCUT2D eigenvalue weighted by atomic mass is 10.2. The Morgan fingerprint density at radius 1 is 1.26 bits per heavy atom. The molecular weight excluding hydrogens is 312 g/mol. The van der Waals surface area contributed by atoms with Crippen molar-refractivity contribution >= 4 is 23.0 Å². The number of halogens is 1. The van der Waals surface area contributed by atoms with Crippen molar-refractivity contribution in [1.29, 1.82) is 0 Å². The second-order valence-corrected chi connectivity index (χ2v) is 5.13. The number of hydrogen-bond donors (Lipinski definition) is 2. The van der Waals surface area contributed by atoms with Gasteiger partial charge in [-0.1, -0.05) is 18.2 Å². The molecule has 2 heterocycles. The van der Waals surface area contributed by atoms with Crippen LogP contribution in [0.15, 0.2) is 60.1 Å². The van der Waals surface area contributed by atoms with Crippen molar-refractivity contribution in [3.63, 3.8) is 0 Å². The zero-order valence-corrected chi connectivity index (χ0v) is 13.4. The second-order valence-electron chi connectivity index (χ2n) is 5.13. The number of amides is 1. The molecule has 0 aliphatic carbocycles. The highest BCUT2D eigenvalue weighted by atomic mass is 35.5. The molecule has 0 bridgehead atoms. The van der Waals surface area contributed by atoms with Gasteiger partial charge >= 0.3 is 5.91 Å². The highest BCUT2D eigenvalue weighted by molar-refractivity contribution is 5.99. The van der Waals surface area contributed by atoms with Crippen molar-refractivity contribution in [3.05, 3.63) is 66.1 Å². The lowest BCUT2D eigenvalue weighted by Crippen LogP contribution is -3.00. The number of H-pyrrole nitrogens is 1. The normalized spacial score (nSPS) is 10.7. The molecule has 0 aliphatic heterocycles. The third-order valence-corrected chi connectivity index (χ3v) is 3.40. The number of aromatic nitrogens is 2. The molecule has 23 heavy (non-hydrogen) atoms. The van der Waals surface area contributed by atoms with E-state index in [9.17, 15) is 4.79 Å². The molecule has 3 rings (SSSR count). The predicted octanol–water partition coefficient (Wildman–Crippen LogP) is -1.08. The Labute approximate surface area is 140 Å². The number of nitrogens with zero attached hydrogens (tertiary/aromatic N) is 2. The summed E-state index contributed by atoms with van der Waals surface area (Å²) in [5.41, 5.74) is 5.70. The number of benzene rings is 1. The summed E-state index contributed by atoms with van der Waals surface area (Å²) < 4.78 is 1.81. The molecule has 0 fully saturated rings. The molecule has 6 heteroatoms. The summed E-state index contributed by atoms with van der Waals surface area (Å²) in [7, 11) is 0. The molecule has 0 aliphatic rings. The molecule has 3 aromatic rings. The van der Waals surface area contributed by atoms with E-state index in [0.717, 1.165) is 22.0 Å². The number of carbonyl (C=O) groups excluding carboxylic acids is 1. The molecule has 0 saturated heterocycles. The molecule has 0 unspecified atom stereocenters. The number of carbonyl (C=O) groups is 1. The topological polar surface area (TPSA) is 61.1 Å². The lowest BCUT2D eigenvalue weighted by Gasteiger charge is -1.97. The van der Waals surface area contributed by atoms with Gasteiger partial charge in [0.1, 0.15) is 0 Å². The van der Waals surface area contributed by atoms with Crippen LogP contribution in [0.25, 0.3) is 10.9 Å². The molecule has 1 amide bonds. The maximum absolute atomic E-state index is 11.8. The van der Waals surface area contributed by atoms with E-state index in [4.69, 9.17) is 0 Å². The predicted molar refractivity (Wildman–Crippen MR) is 85.4 cm³/mol. The quantitative estimate of drug-likeness (QED) is 0.357. The summed E-state index contributed by atoms with van der Waals surface area (Å²) in [5, 5.41) is 5.10. The Kier molecular flexibility index (Phi) is 5.49. The van der Waals surface area contributed by atoms with E-state index in [1.807, 2.05) is 66.5 Å². The van der Waals surface area contributed by atoms with Gasteiger partial charge in [-0.15, -0.1) is 0 Å². The number of fused-ring (bicyclic) bond motifs is 1. The highest BCUT2D eigenvalue weighted by Gasteiger charge is 2.07. The number of nitrogens with one attached hydrogen (secondary N) is 2. The van der Waals surface area contributed by atoms with Crippen molar-refractivity contribution in [2.75, 3.05) is 0 Å². The number of rotatable bonds is 4. The van der Waals surface area contributed by atoms with Crippen LogP contribution in [0, 0.1) is 6.92 Å². The first-order chi connectivity index (χ1) is 10.7. The van der Waals surface area contributed by atoms with Gasteiger partial charge in [-0.2, -0.15) is 9.67 Å². The first-order valence-corrected chi connectivity index (χ1v) is 7.06. The number of hydrogen-bond acceptors (Lipinski definition) is 2. The number of para-hydroxylation sites is 1. The molecule has 2 aromatic heterocycles. The smallest absolute Gasteiger partial charge is 0.305 e. The Bertz CT molecular complexity index is 824. The summed E-state index contributed by atoms with van der Waals surface area (Å²) in [5.74, 6) is -0.162. The fourth-order valence-corrected chi connectivity index (χ4v) is 2.21. The van der Waals surface area contributed by atoms with Crippen LogP contribution < -0.4 is 22.4 Å². The van der Waals surface area contributed by atoms with Crippen molar-refractivity contribution in [1.82, 2.24) is 10.4 Å². The van der Waals surface area contributed by atoms with Crippen molar-refractivity contribution < 1.29 is 21.8 Å². The lowest BCUT2D eigenvalue weighted by molar-refractivity contribution is -0.684. The van der Waals surface area contributed by atoms with Gasteiger partial charge in [-0.25, -0.2) is 5.43 Å². The fourth-order valence-electron chi connectivity index (χ4n) is 2.21. The van der Waals surface area contributed by atoms with Gasteiger partial charge in [0.15, 0.2) is 12.4 Å². The standard InChI is InChI=1S/C17H16N4O.ClH/c1-13-6-8-21(9-7-13)12-17(22)20-19-11-14-10-18-16-5-3-2-4-15(14)16;/h2-11H,12H2,1H3,(H-,18,19,20,22);1H. The number of aromatic amines is 1. The molecule has 2 N–H and O–H groups in total. The third-order valence-electron chi connectivity index (χ3n) is 3.40. The molecule has 5 nitrogen and oxygen atoms in total. The Morgan fingerprint density at radius 3 is 2.78 bits per heavy atom. The molecular formula is C17H17ClN4O. The van der Waals surface area contributed by atoms with Crippen molar-refractivity contribution in [2.24, 2.45) is 5.10 Å². The van der Waals surface area contributed by atoms with E-state index in [2.05, 4.69) is 15.5 Å². The van der Waals surface area contributed by atoms with Gasteiger partial charge in [0, 0.05) is 34.8 Å². The van der Waals surface area contributed by atoms with Crippen LogP contribution in [0.1, 0.15) is 11.1 Å². The van der Waals surface area contributed by atoms with Crippen LogP contribution in [-0.2, 0) is 11.3 Å². The molecule has 0 spiro atoms. The third kappa shape index (κ3) is 4.17. The second kappa shape index (κ2) is 7.56. The van der Waals surface area contributed by atoms with Crippen molar-refractivity contribution in [2.45, 2.75) is 13.5 Å². The van der Waals surface area contributed by atoms with Gasteiger partial charge in [-0.05, 0) is 18.6 Å². The van der Waals surface area contributed by atoms with Gasteiger partial charge in [0.25, 0.3) is 0 Å². The first kappa shape index (κ1) is 16.7. The van der Waals surface area contributed by atoms with E-state index >= 15 is 0 Å². The minimum Gasteiger partial charge on any atom is -1.00 e. The summed E-state index contributed by atoms with van der Waals surface area (Å²) in [4.78, 5) is 15.0. The summed E-state index contributed by atoms with van der Waals surface area (Å²) in [6, 6.07) is 11.9. The Hall–Kier alpha value is -2.66. The fraction of sp³-hybridized carbons (Fsp3) is 0.118. The van der Waals surface area contributed by atoms with E-state index in [-0.39, 0.29) is 24.9 Å². The first-order valence-electron chi connectivity index (χ1n) is 7.06. The highest BCUT2D eigenvalue weighted by Crippen LogP contribution is 2.15. The molecule has 0 radical (unpaired) electrons. The largest absolute Gasteiger partial charge is 1.00 e. The van der Waals surface area contributed by atoms with Gasteiger partial charge < -0.3 is 17.4 Å². The maximum Gasteiger partial charge on any atom is 0.305 e. The minimum absolute atomic E-state index is 0. The van der Waals surface area contributed by atoms with Crippen LogP contribution >= 0.6 is 0 Å². The van der Waals surface area contributed by atoms with Crippen LogP contribution in [-0.4, -0.2) is 17.1 Å². The zero-order valence-electron chi connectivity index (χ0n) is 12.7. The van der Waals surface area contributed by atoms with E-state index in [0.29, 0.717) is 0 Å². The van der Waals surface area contributed by atoms with Crippen LogP contribution in [0.2, 0.25) is 0 Å². The monoisotopic (exact) mass is 328 g/mol.